The summed E-state index contributed by atoms with van der Waals surface area (Å²) in [6.07, 6.45) is 5.77. The summed E-state index contributed by atoms with van der Waals surface area (Å²) in [5, 5.41) is 38.0. The molecule has 3 atom stereocenters. The van der Waals surface area contributed by atoms with Gasteiger partial charge < -0.3 is 35.7 Å². The lowest BCUT2D eigenvalue weighted by molar-refractivity contribution is -0.0336. The molecule has 3 aliphatic heterocycles. The number of hydrogen-bond acceptors (Lipinski definition) is 8. The van der Waals surface area contributed by atoms with Gasteiger partial charge >= 0.3 is 12.1 Å². The number of nitrogens with one attached hydrogen (secondary N) is 3. The van der Waals surface area contributed by atoms with Crippen molar-refractivity contribution in [2.24, 2.45) is 5.92 Å². The summed E-state index contributed by atoms with van der Waals surface area (Å²) in [5.41, 5.74) is 3.22. The van der Waals surface area contributed by atoms with Gasteiger partial charge in [-0.1, -0.05) is 67.8 Å². The predicted molar refractivity (Wildman–Crippen MR) is 195 cm³/mol. The Kier molecular flexibility index (Phi) is 12.0. The molecule has 2 bridgehead atoms. The van der Waals surface area contributed by atoms with Gasteiger partial charge in [-0.2, -0.15) is 0 Å². The molecule has 3 saturated heterocycles. The number of aromatic amines is 1. The number of aliphatic hydroxyl groups is 1. The van der Waals surface area contributed by atoms with Crippen molar-refractivity contribution in [1.29, 1.82) is 0 Å². The molecule has 51 heavy (non-hydrogen) atoms. The van der Waals surface area contributed by atoms with E-state index in [1.54, 1.807) is 24.3 Å². The zero-order valence-corrected chi connectivity index (χ0v) is 28.9. The average molecular weight is 697 g/mol. The molecule has 1 aromatic heterocycles. The van der Waals surface area contributed by atoms with Crippen molar-refractivity contribution >= 4 is 23.0 Å². The maximum absolute atomic E-state index is 13.4. The van der Waals surface area contributed by atoms with Gasteiger partial charge in [-0.05, 0) is 98.1 Å². The van der Waals surface area contributed by atoms with Crippen LogP contribution in [0, 0.1) is 5.92 Å². The molecule has 7 rings (SSSR count). The van der Waals surface area contributed by atoms with Gasteiger partial charge in [-0.3, -0.25) is 9.69 Å². The first kappa shape index (κ1) is 36.1. The van der Waals surface area contributed by atoms with Gasteiger partial charge in [0.15, 0.2) is 0 Å². The summed E-state index contributed by atoms with van der Waals surface area (Å²) >= 11 is 0. The maximum Gasteiger partial charge on any atom is 0.408 e. The van der Waals surface area contributed by atoms with Crippen LogP contribution < -0.4 is 16.2 Å². The molecule has 270 valence electrons. The Morgan fingerprint density at radius 3 is 2.41 bits per heavy atom. The average Bonchev–Trinajstić information content (AvgIpc) is 3.14. The number of alkyl carbamates (subject to hydrolysis) is 1. The van der Waals surface area contributed by atoms with E-state index in [1.165, 1.54) is 12.1 Å². The summed E-state index contributed by atoms with van der Waals surface area (Å²) in [6, 6.07) is 20.5. The molecule has 0 saturated carbocycles. The number of aliphatic hydroxyl groups excluding tert-OH is 1. The number of H-pyrrole nitrogens is 1. The van der Waals surface area contributed by atoms with Crippen molar-refractivity contribution < 1.29 is 29.6 Å². The van der Waals surface area contributed by atoms with Crippen LogP contribution in [0.5, 0.6) is 5.75 Å². The summed E-state index contributed by atoms with van der Waals surface area (Å²) in [5.74, 6) is -0.652. The largest absolute Gasteiger partial charge is 0.506 e. The first-order valence-electron chi connectivity index (χ1n) is 18.1. The van der Waals surface area contributed by atoms with Gasteiger partial charge in [0.1, 0.15) is 11.9 Å². The van der Waals surface area contributed by atoms with E-state index in [9.17, 15) is 29.7 Å². The normalized spacial score (nSPS) is 19.4. The SMILES string of the molecule is O=C(NC(c1ccccc1)c1cccc(C(=O)O)c1CCCCCCCNC[C@H](O)c1ccc(O)c2[nH]c(=O)ccc12)O[C@H]1CN2CCC1CC2. The molecular formula is C40H48N4O7. The lowest BCUT2D eigenvalue weighted by atomic mass is 9.86. The van der Waals surface area contributed by atoms with Gasteiger partial charge in [0.25, 0.3) is 0 Å². The molecule has 3 fully saturated rings. The number of aromatic nitrogens is 1. The van der Waals surface area contributed by atoms with Crippen molar-refractivity contribution in [3.05, 3.63) is 111 Å². The third-order valence-corrected chi connectivity index (χ3v) is 10.4. The van der Waals surface area contributed by atoms with Crippen LogP contribution in [0.2, 0.25) is 0 Å². The number of pyridine rings is 1. The zero-order valence-electron chi connectivity index (χ0n) is 28.9. The zero-order chi connectivity index (χ0) is 35.7. The number of unbranched alkanes of at least 4 members (excludes halogenated alkanes) is 4. The molecule has 11 nitrogen and oxygen atoms in total. The van der Waals surface area contributed by atoms with E-state index in [0.717, 1.165) is 87.8 Å². The van der Waals surface area contributed by atoms with Crippen LogP contribution in [0.3, 0.4) is 0 Å². The number of ether oxygens (including phenoxy) is 1. The molecule has 0 aliphatic carbocycles. The number of carboxylic acid groups (broad SMARTS) is 1. The summed E-state index contributed by atoms with van der Waals surface area (Å²) in [4.78, 5) is 42.4. The van der Waals surface area contributed by atoms with Crippen LogP contribution in [0.1, 0.15) is 89.7 Å². The van der Waals surface area contributed by atoms with Crippen molar-refractivity contribution in [2.75, 3.05) is 32.7 Å². The van der Waals surface area contributed by atoms with Crippen LogP contribution >= 0.6 is 0 Å². The highest BCUT2D eigenvalue weighted by Crippen LogP contribution is 2.32. The highest BCUT2D eigenvalue weighted by molar-refractivity contribution is 5.90. The van der Waals surface area contributed by atoms with Crippen LogP contribution in [0.25, 0.3) is 10.9 Å². The van der Waals surface area contributed by atoms with E-state index in [-0.39, 0.29) is 23.0 Å². The smallest absolute Gasteiger partial charge is 0.408 e. The number of aromatic hydroxyl groups is 1. The highest BCUT2D eigenvalue weighted by Gasteiger charge is 2.37. The Morgan fingerprint density at radius 2 is 1.67 bits per heavy atom. The predicted octanol–water partition coefficient (Wildman–Crippen LogP) is 5.66. The number of aromatic carboxylic acids is 1. The second-order valence-corrected chi connectivity index (χ2v) is 13.8. The van der Waals surface area contributed by atoms with Crippen molar-refractivity contribution in [3.8, 4) is 5.75 Å². The van der Waals surface area contributed by atoms with Gasteiger partial charge in [0.2, 0.25) is 5.56 Å². The molecular weight excluding hydrogens is 648 g/mol. The number of rotatable bonds is 16. The third-order valence-electron chi connectivity index (χ3n) is 10.4. The van der Waals surface area contributed by atoms with E-state index in [0.29, 0.717) is 35.3 Å². The Bertz CT molecular complexity index is 1860. The molecule has 11 heteroatoms. The fraction of sp³-hybridized carbons (Fsp3) is 0.425. The van der Waals surface area contributed by atoms with Gasteiger partial charge in [0.05, 0.1) is 23.2 Å². The Balaban J connectivity index is 1.02. The first-order valence-corrected chi connectivity index (χ1v) is 18.1. The van der Waals surface area contributed by atoms with Gasteiger partial charge in [0, 0.05) is 24.5 Å². The minimum absolute atomic E-state index is 0.0403. The third kappa shape index (κ3) is 8.97. The van der Waals surface area contributed by atoms with Crippen LogP contribution in [0.15, 0.2) is 77.6 Å². The minimum atomic E-state index is -0.990. The second kappa shape index (κ2) is 17.0. The fourth-order valence-electron chi connectivity index (χ4n) is 7.65. The molecule has 1 unspecified atom stereocenters. The number of fused-ring (bicyclic) bond motifs is 4. The van der Waals surface area contributed by atoms with Crippen molar-refractivity contribution in [2.45, 2.75) is 69.6 Å². The Hall–Kier alpha value is -4.71. The fourth-order valence-corrected chi connectivity index (χ4v) is 7.65. The van der Waals surface area contributed by atoms with Crippen molar-refractivity contribution in [1.82, 2.24) is 20.5 Å². The topological polar surface area (TPSA) is 164 Å². The lowest BCUT2D eigenvalue weighted by Crippen LogP contribution is -2.52. The van der Waals surface area contributed by atoms with Gasteiger partial charge in [-0.25, -0.2) is 9.59 Å². The molecule has 1 amide bonds. The number of benzene rings is 3. The minimum Gasteiger partial charge on any atom is -0.506 e. The van der Waals surface area contributed by atoms with E-state index in [2.05, 4.69) is 20.5 Å². The Labute approximate surface area is 297 Å². The quantitative estimate of drug-likeness (QED) is 0.0812. The number of nitrogens with zero attached hydrogens (tertiary/aromatic N) is 1. The molecule has 0 radical (unpaired) electrons. The summed E-state index contributed by atoms with van der Waals surface area (Å²) < 4.78 is 5.98. The first-order chi connectivity index (χ1) is 24.8. The van der Waals surface area contributed by atoms with E-state index >= 15 is 0 Å². The lowest BCUT2D eigenvalue weighted by Gasteiger charge is -2.44. The van der Waals surface area contributed by atoms with Crippen LogP contribution in [0.4, 0.5) is 4.79 Å². The Morgan fingerprint density at radius 1 is 0.902 bits per heavy atom. The molecule has 3 aliphatic rings. The van der Waals surface area contributed by atoms with E-state index in [1.807, 2.05) is 36.4 Å². The molecule has 6 N–H and O–H groups in total. The number of carbonyl (C=O) groups excluding carboxylic acids is 1. The number of phenols is 1. The number of phenolic OH excluding ortho intramolecular Hbond substituents is 1. The standard InChI is InChI=1S/C40H48N4O7/c45-33-17-15-29(31-16-18-36(47)42-38(31)33)34(46)24-41-21-8-3-1-2-7-12-28-30(13-9-14-32(28)39(48)49)37(27-10-5-4-6-11-27)43-40(50)51-35-25-44-22-19-26(35)20-23-44/h4-6,9-11,13-18,26,34-35,37,41,45-46H,1-3,7-8,12,19-25H2,(H,42,47)(H,43,50)(H,48,49)/t34-,35-,37?/m0/s1. The van der Waals surface area contributed by atoms with E-state index in [4.69, 9.17) is 4.74 Å². The van der Waals surface area contributed by atoms with Gasteiger partial charge in [-0.15, -0.1) is 0 Å². The van der Waals surface area contributed by atoms with Crippen molar-refractivity contribution in [3.63, 3.8) is 0 Å². The van der Waals surface area contributed by atoms with Crippen LogP contribution in [-0.2, 0) is 11.2 Å². The monoisotopic (exact) mass is 696 g/mol. The summed E-state index contributed by atoms with van der Waals surface area (Å²) in [7, 11) is 0. The molecule has 4 aromatic rings. The molecule has 4 heterocycles. The molecule has 0 spiro atoms. The van der Waals surface area contributed by atoms with E-state index < -0.39 is 24.2 Å². The van der Waals surface area contributed by atoms with Crippen LogP contribution in [-0.4, -0.2) is 76.1 Å². The second-order valence-electron chi connectivity index (χ2n) is 13.8. The number of carbonyl (C=O) groups is 2. The number of carboxylic acids is 1. The maximum atomic E-state index is 13.4. The number of piperidine rings is 3. The highest BCUT2D eigenvalue weighted by atomic mass is 16.6. The number of hydrogen-bond donors (Lipinski definition) is 6. The number of amides is 1. The summed E-state index contributed by atoms with van der Waals surface area (Å²) in [6.45, 7) is 3.91. The molecule has 3 aromatic carbocycles.